The molecule has 4 rings (SSSR count). The third kappa shape index (κ3) is 4.94. The molecular weight excluding hydrogens is 564 g/mol. The highest BCUT2D eigenvalue weighted by molar-refractivity contribution is 9.10. The third-order valence-corrected chi connectivity index (χ3v) is 7.40. The number of non-ortho nitro benzene ring substituents is 1. The number of nitro groups is 1. The summed E-state index contributed by atoms with van der Waals surface area (Å²) >= 11 is 4.18. The van der Waals surface area contributed by atoms with E-state index >= 15 is 0 Å². The van der Waals surface area contributed by atoms with Crippen LogP contribution < -0.4 is 19.8 Å². The Morgan fingerprint density at radius 3 is 2.59 bits per heavy atom. The molecular formula is C25H23BrN4O6S. The number of hydrogen-bond donors (Lipinski definition) is 1. The summed E-state index contributed by atoms with van der Waals surface area (Å²) in [6, 6.07) is 9.05. The average Bonchev–Trinajstić information content (AvgIpc) is 3.15. The second-order valence-electron chi connectivity index (χ2n) is 8.41. The van der Waals surface area contributed by atoms with Crippen LogP contribution in [-0.4, -0.2) is 41.3 Å². The molecule has 192 valence electrons. The van der Waals surface area contributed by atoms with Crippen molar-refractivity contribution in [3.8, 4) is 5.75 Å². The van der Waals surface area contributed by atoms with Gasteiger partial charge in [0, 0.05) is 37.5 Å². The van der Waals surface area contributed by atoms with Gasteiger partial charge in [0.2, 0.25) is 0 Å². The van der Waals surface area contributed by atoms with Crippen molar-refractivity contribution in [2.45, 2.75) is 19.9 Å². The summed E-state index contributed by atoms with van der Waals surface area (Å²) in [6.07, 6.45) is 1.38. The van der Waals surface area contributed by atoms with E-state index in [1.165, 1.54) is 22.8 Å². The van der Waals surface area contributed by atoms with Gasteiger partial charge in [-0.05, 0) is 53.5 Å². The maximum Gasteiger partial charge on any atom is 0.338 e. The molecule has 0 aliphatic carbocycles. The Balaban J connectivity index is 1.97. The molecule has 12 heteroatoms. The average molecular weight is 587 g/mol. The summed E-state index contributed by atoms with van der Waals surface area (Å²) in [6.45, 7) is 3.55. The van der Waals surface area contributed by atoms with Crippen molar-refractivity contribution >= 4 is 50.7 Å². The van der Waals surface area contributed by atoms with Gasteiger partial charge in [0.05, 0.1) is 37.8 Å². The molecule has 0 radical (unpaired) electrons. The zero-order valence-corrected chi connectivity index (χ0v) is 22.8. The topological polar surface area (TPSA) is 127 Å². The van der Waals surface area contributed by atoms with E-state index in [-0.39, 0.29) is 38.2 Å². The highest BCUT2D eigenvalue weighted by atomic mass is 79.9. The zero-order valence-electron chi connectivity index (χ0n) is 20.4. The number of nitro benzene ring substituents is 1. The van der Waals surface area contributed by atoms with E-state index in [1.807, 2.05) is 43.3 Å². The van der Waals surface area contributed by atoms with Crippen LogP contribution in [0.5, 0.6) is 5.75 Å². The number of phenols is 1. The van der Waals surface area contributed by atoms with Gasteiger partial charge in [0.1, 0.15) is 5.75 Å². The molecule has 2 heterocycles. The summed E-state index contributed by atoms with van der Waals surface area (Å²) in [7, 11) is 3.82. The SMILES string of the molecule is CCOC(=O)C1=C(C)N=c2s/c(=C\c3cc([N+](=O)[O-])cc(Br)c3O)c(=O)n2[C@@H]1c1ccc(N(C)C)cc1. The number of ether oxygens (including phenoxy) is 1. The fraction of sp³-hybridized carbons (Fsp3) is 0.240. The Morgan fingerprint density at radius 1 is 1.32 bits per heavy atom. The van der Waals surface area contributed by atoms with Crippen LogP contribution in [0.3, 0.4) is 0 Å². The molecule has 0 saturated heterocycles. The molecule has 0 bridgehead atoms. The number of fused-ring (bicyclic) bond motifs is 1. The second kappa shape index (κ2) is 10.3. The number of thiazole rings is 1. The Kier molecular flexibility index (Phi) is 7.32. The molecule has 0 spiro atoms. The maximum atomic E-state index is 13.7. The molecule has 37 heavy (non-hydrogen) atoms. The molecule has 1 N–H and O–H groups in total. The van der Waals surface area contributed by atoms with Crippen LogP contribution in [0.25, 0.3) is 6.08 Å². The van der Waals surface area contributed by atoms with E-state index in [1.54, 1.807) is 13.8 Å². The van der Waals surface area contributed by atoms with E-state index in [0.717, 1.165) is 17.0 Å². The highest BCUT2D eigenvalue weighted by Gasteiger charge is 2.33. The minimum Gasteiger partial charge on any atom is -0.506 e. The van der Waals surface area contributed by atoms with Gasteiger partial charge in [-0.15, -0.1) is 0 Å². The predicted molar refractivity (Wildman–Crippen MR) is 144 cm³/mol. The molecule has 0 amide bonds. The first-order chi connectivity index (χ1) is 17.5. The van der Waals surface area contributed by atoms with Crippen LogP contribution in [0, 0.1) is 10.1 Å². The van der Waals surface area contributed by atoms with Crippen LogP contribution in [-0.2, 0) is 9.53 Å². The summed E-state index contributed by atoms with van der Waals surface area (Å²) in [5.74, 6) is -0.810. The lowest BCUT2D eigenvalue weighted by atomic mass is 9.95. The summed E-state index contributed by atoms with van der Waals surface area (Å²) in [5, 5.41) is 21.8. The number of phenolic OH excluding ortho intramolecular Hbond substituents is 1. The number of rotatable bonds is 6. The number of benzene rings is 2. The number of esters is 1. The van der Waals surface area contributed by atoms with E-state index in [2.05, 4.69) is 20.9 Å². The molecule has 1 aromatic heterocycles. The normalized spacial score (nSPS) is 15.3. The van der Waals surface area contributed by atoms with E-state index in [4.69, 9.17) is 4.74 Å². The predicted octanol–water partition coefficient (Wildman–Crippen LogP) is 3.24. The number of aromatic hydroxyl groups is 1. The molecule has 0 fully saturated rings. The largest absolute Gasteiger partial charge is 0.506 e. The smallest absolute Gasteiger partial charge is 0.338 e. The minimum absolute atomic E-state index is 0.0968. The number of aromatic nitrogens is 1. The van der Waals surface area contributed by atoms with Crippen LogP contribution in [0.4, 0.5) is 11.4 Å². The van der Waals surface area contributed by atoms with Crippen LogP contribution in [0.2, 0.25) is 0 Å². The van der Waals surface area contributed by atoms with Crippen LogP contribution >= 0.6 is 27.3 Å². The van der Waals surface area contributed by atoms with Gasteiger partial charge in [0.25, 0.3) is 11.2 Å². The summed E-state index contributed by atoms with van der Waals surface area (Å²) in [4.78, 5) is 44.2. The monoisotopic (exact) mass is 586 g/mol. The number of nitrogens with zero attached hydrogens (tertiary/aromatic N) is 4. The number of hydrogen-bond acceptors (Lipinski definition) is 9. The van der Waals surface area contributed by atoms with Crippen molar-refractivity contribution in [1.82, 2.24) is 4.57 Å². The Bertz CT molecular complexity index is 1620. The lowest BCUT2D eigenvalue weighted by Gasteiger charge is -2.25. The van der Waals surface area contributed by atoms with Gasteiger partial charge in [-0.1, -0.05) is 23.5 Å². The molecule has 2 aromatic carbocycles. The van der Waals surface area contributed by atoms with Crippen molar-refractivity contribution in [2.75, 3.05) is 25.6 Å². The van der Waals surface area contributed by atoms with Crippen molar-refractivity contribution in [3.05, 3.63) is 93.1 Å². The number of halogens is 1. The standard InChI is InChI=1S/C25H23BrN4O6S/c1-5-36-24(33)20-13(2)27-25-29(21(20)14-6-8-16(9-7-14)28(3)4)23(32)19(37-25)11-15-10-17(30(34)35)12-18(26)22(15)31/h6-12,21,31H,5H2,1-4H3/b19-11-/t21-/m1/s1. The minimum atomic E-state index is -0.792. The molecule has 1 atom stereocenters. The number of carbonyl (C=O) groups is 1. The van der Waals surface area contributed by atoms with Crippen LogP contribution in [0.15, 0.2) is 61.9 Å². The number of carbonyl (C=O) groups excluding carboxylic acids is 1. The Hall–Kier alpha value is -3.77. The lowest BCUT2D eigenvalue weighted by Crippen LogP contribution is -2.39. The maximum absolute atomic E-state index is 13.7. The molecule has 3 aromatic rings. The molecule has 10 nitrogen and oxygen atoms in total. The van der Waals surface area contributed by atoms with Crippen molar-refractivity contribution in [3.63, 3.8) is 0 Å². The van der Waals surface area contributed by atoms with Gasteiger partial charge in [-0.3, -0.25) is 19.5 Å². The number of anilines is 1. The first-order valence-corrected chi connectivity index (χ1v) is 12.8. The van der Waals surface area contributed by atoms with E-state index < -0.39 is 22.5 Å². The van der Waals surface area contributed by atoms with Crippen LogP contribution in [0.1, 0.15) is 31.0 Å². The zero-order chi connectivity index (χ0) is 27.0. The molecule has 1 aliphatic heterocycles. The van der Waals surface area contributed by atoms with Gasteiger partial charge < -0.3 is 14.7 Å². The first-order valence-electron chi connectivity index (χ1n) is 11.2. The third-order valence-electron chi connectivity index (χ3n) is 5.82. The first kappa shape index (κ1) is 26.3. The van der Waals surface area contributed by atoms with Gasteiger partial charge >= 0.3 is 5.97 Å². The summed E-state index contributed by atoms with van der Waals surface area (Å²) in [5.41, 5.74) is 1.70. The highest BCUT2D eigenvalue weighted by Crippen LogP contribution is 2.34. The van der Waals surface area contributed by atoms with Gasteiger partial charge in [-0.25, -0.2) is 9.79 Å². The fourth-order valence-corrected chi connectivity index (χ4v) is 5.52. The van der Waals surface area contributed by atoms with Gasteiger partial charge in [0.15, 0.2) is 4.80 Å². The van der Waals surface area contributed by atoms with E-state index in [9.17, 15) is 24.8 Å². The van der Waals surface area contributed by atoms with Gasteiger partial charge in [-0.2, -0.15) is 0 Å². The number of allylic oxidation sites excluding steroid dienone is 1. The molecule has 1 aliphatic rings. The summed E-state index contributed by atoms with van der Waals surface area (Å²) < 4.78 is 7.04. The lowest BCUT2D eigenvalue weighted by molar-refractivity contribution is -0.385. The fourth-order valence-electron chi connectivity index (χ4n) is 4.02. The van der Waals surface area contributed by atoms with E-state index in [0.29, 0.717) is 16.1 Å². The Labute approximate surface area is 223 Å². The second-order valence-corrected chi connectivity index (χ2v) is 10.3. The van der Waals surface area contributed by atoms with Crippen molar-refractivity contribution < 1.29 is 19.6 Å². The van der Waals surface area contributed by atoms with Crippen molar-refractivity contribution in [2.24, 2.45) is 4.99 Å². The molecule has 0 saturated carbocycles. The van der Waals surface area contributed by atoms with Crippen molar-refractivity contribution in [1.29, 1.82) is 0 Å². The Morgan fingerprint density at radius 2 is 2.00 bits per heavy atom. The quantitative estimate of drug-likeness (QED) is 0.267. The molecule has 0 unspecified atom stereocenters.